The summed E-state index contributed by atoms with van der Waals surface area (Å²) in [5.41, 5.74) is 3.10. The van der Waals surface area contributed by atoms with Crippen molar-refractivity contribution >= 4 is 52.2 Å². The molecule has 0 aliphatic carbocycles. The second-order valence-corrected chi connectivity index (χ2v) is 9.74. The minimum absolute atomic E-state index is 0.301. The highest BCUT2D eigenvalue weighted by Gasteiger charge is 2.64. The molecule has 10 nitrogen and oxygen atoms in total. The first-order valence-corrected chi connectivity index (χ1v) is 12.5. The summed E-state index contributed by atoms with van der Waals surface area (Å²) in [6.45, 7) is 1.29. The van der Waals surface area contributed by atoms with Crippen LogP contribution in [0.2, 0.25) is 0 Å². The molecule has 10 heteroatoms. The van der Waals surface area contributed by atoms with Crippen molar-refractivity contribution in [1.82, 2.24) is 15.0 Å². The molecule has 0 spiro atoms. The number of carbonyl (C=O) groups excluding carboxylic acids is 4. The van der Waals surface area contributed by atoms with Gasteiger partial charge in [0.15, 0.2) is 0 Å². The summed E-state index contributed by atoms with van der Waals surface area (Å²) >= 11 is 0. The Morgan fingerprint density at radius 3 is 2.38 bits per heavy atom. The summed E-state index contributed by atoms with van der Waals surface area (Å²) in [5, 5.41) is 8.26. The van der Waals surface area contributed by atoms with E-state index >= 15 is 0 Å². The van der Waals surface area contributed by atoms with Crippen LogP contribution >= 0.6 is 0 Å². The molecular weight excluding hydrogens is 498 g/mol. The van der Waals surface area contributed by atoms with Gasteiger partial charge in [0.1, 0.15) is 17.3 Å². The highest BCUT2D eigenvalue weighted by Crippen LogP contribution is 2.49. The predicted molar refractivity (Wildman–Crippen MR) is 141 cm³/mol. The zero-order valence-corrected chi connectivity index (χ0v) is 20.7. The van der Waals surface area contributed by atoms with Gasteiger partial charge in [-0.05, 0) is 48.0 Å². The second-order valence-electron chi connectivity index (χ2n) is 9.74. The standard InChI is InChI=1S/C29H21N5O5/c1-16(35)39-19-13-11-18(12-14-19)32-27(36)24-23-15-10-17-6-2-4-8-21(17)33(23)26(25(24)28(32)37)29(38)34-22-9-5-3-7-20(22)30-31-34/h2-15,23-26H,1H3. The number of hydrogen-bond acceptors (Lipinski definition) is 8. The van der Waals surface area contributed by atoms with Gasteiger partial charge >= 0.3 is 5.97 Å². The monoisotopic (exact) mass is 519 g/mol. The Labute approximate surface area is 222 Å². The number of amides is 2. The van der Waals surface area contributed by atoms with E-state index in [0.717, 1.165) is 16.2 Å². The first kappa shape index (κ1) is 23.0. The van der Waals surface area contributed by atoms with Gasteiger partial charge in [-0.25, -0.2) is 4.90 Å². The molecule has 3 aliphatic heterocycles. The van der Waals surface area contributed by atoms with Gasteiger partial charge in [0.2, 0.25) is 11.8 Å². The normalized spacial score (nSPS) is 23.1. The lowest BCUT2D eigenvalue weighted by Crippen LogP contribution is -2.50. The molecule has 0 saturated carbocycles. The number of ether oxygens (including phenoxy) is 1. The fourth-order valence-corrected chi connectivity index (χ4v) is 6.04. The zero-order chi connectivity index (χ0) is 26.8. The second kappa shape index (κ2) is 8.45. The molecule has 4 heterocycles. The minimum atomic E-state index is -0.988. The maximum Gasteiger partial charge on any atom is 0.308 e. The van der Waals surface area contributed by atoms with Crippen molar-refractivity contribution in [3.63, 3.8) is 0 Å². The molecule has 192 valence electrons. The molecule has 7 rings (SSSR count). The third-order valence-corrected chi connectivity index (χ3v) is 7.58. The average molecular weight is 520 g/mol. The van der Waals surface area contributed by atoms with Crippen LogP contribution in [0.25, 0.3) is 17.1 Å². The molecule has 4 unspecified atom stereocenters. The van der Waals surface area contributed by atoms with Crippen molar-refractivity contribution in [3.05, 3.63) is 84.4 Å². The van der Waals surface area contributed by atoms with Crippen molar-refractivity contribution in [2.45, 2.75) is 19.0 Å². The predicted octanol–water partition coefficient (Wildman–Crippen LogP) is 3.09. The van der Waals surface area contributed by atoms with Crippen molar-refractivity contribution in [2.75, 3.05) is 9.80 Å². The van der Waals surface area contributed by atoms with Crippen LogP contribution in [0.1, 0.15) is 17.3 Å². The Kier molecular flexibility index (Phi) is 4.99. The molecule has 4 aromatic rings. The molecule has 3 aromatic carbocycles. The maximum absolute atomic E-state index is 14.2. The van der Waals surface area contributed by atoms with Crippen molar-refractivity contribution in [1.29, 1.82) is 0 Å². The summed E-state index contributed by atoms with van der Waals surface area (Å²) < 4.78 is 6.32. The topological polar surface area (TPSA) is 115 Å². The number of fused-ring (bicyclic) bond motifs is 6. The molecule has 0 bridgehead atoms. The Bertz CT molecular complexity index is 1730. The maximum atomic E-state index is 14.2. The van der Waals surface area contributed by atoms with Crippen LogP contribution in [-0.2, 0) is 14.4 Å². The highest BCUT2D eigenvalue weighted by atomic mass is 16.5. The largest absolute Gasteiger partial charge is 0.427 e. The van der Waals surface area contributed by atoms with Gasteiger partial charge in [-0.1, -0.05) is 47.7 Å². The van der Waals surface area contributed by atoms with E-state index in [4.69, 9.17) is 4.74 Å². The van der Waals surface area contributed by atoms with Crippen LogP contribution in [0.4, 0.5) is 11.4 Å². The van der Waals surface area contributed by atoms with Gasteiger partial charge in [0, 0.05) is 12.6 Å². The molecule has 0 N–H and O–H groups in total. The van der Waals surface area contributed by atoms with Crippen LogP contribution in [0.5, 0.6) is 5.75 Å². The SMILES string of the molecule is CC(=O)Oc1ccc(N2C(=O)C3C(C2=O)C(C(=O)n2nnc4ccccc42)N2c4ccccc4C=CC32)cc1. The fraction of sp³-hybridized carbons (Fsp3) is 0.172. The summed E-state index contributed by atoms with van der Waals surface area (Å²) in [7, 11) is 0. The summed E-state index contributed by atoms with van der Waals surface area (Å²) in [5.74, 6) is -3.18. The highest BCUT2D eigenvalue weighted by molar-refractivity contribution is 6.25. The molecule has 2 saturated heterocycles. The lowest BCUT2D eigenvalue weighted by atomic mass is 9.88. The van der Waals surface area contributed by atoms with Crippen LogP contribution < -0.4 is 14.5 Å². The van der Waals surface area contributed by atoms with E-state index in [9.17, 15) is 19.2 Å². The van der Waals surface area contributed by atoms with Gasteiger partial charge in [0.25, 0.3) is 5.91 Å². The third-order valence-electron chi connectivity index (χ3n) is 7.58. The Hall–Kier alpha value is -5.12. The van der Waals surface area contributed by atoms with Gasteiger partial charge in [-0.15, -0.1) is 5.10 Å². The van der Waals surface area contributed by atoms with E-state index in [1.165, 1.54) is 23.7 Å². The van der Waals surface area contributed by atoms with Crippen molar-refractivity contribution in [2.24, 2.45) is 11.8 Å². The number of carbonyl (C=O) groups is 4. The van der Waals surface area contributed by atoms with Crippen LogP contribution in [0.15, 0.2) is 78.9 Å². The number of esters is 1. The van der Waals surface area contributed by atoms with E-state index in [1.54, 1.807) is 30.3 Å². The van der Waals surface area contributed by atoms with Crippen molar-refractivity contribution < 1.29 is 23.9 Å². The first-order valence-electron chi connectivity index (χ1n) is 12.5. The fourth-order valence-electron chi connectivity index (χ4n) is 6.04. The summed E-state index contributed by atoms with van der Waals surface area (Å²) in [6, 6.07) is 19.4. The van der Waals surface area contributed by atoms with Gasteiger partial charge in [0.05, 0.1) is 29.1 Å². The number of hydrogen-bond donors (Lipinski definition) is 0. The number of aromatic nitrogens is 3. The van der Waals surface area contributed by atoms with E-state index in [0.29, 0.717) is 22.5 Å². The molecule has 2 fully saturated rings. The smallest absolute Gasteiger partial charge is 0.308 e. The van der Waals surface area contributed by atoms with Crippen LogP contribution in [-0.4, -0.2) is 50.8 Å². The van der Waals surface area contributed by atoms with E-state index < -0.39 is 41.7 Å². The Morgan fingerprint density at radius 1 is 0.872 bits per heavy atom. The van der Waals surface area contributed by atoms with E-state index in [2.05, 4.69) is 10.3 Å². The molecule has 1 aromatic heterocycles. The third kappa shape index (κ3) is 3.34. The minimum Gasteiger partial charge on any atom is -0.427 e. The average Bonchev–Trinajstić information content (AvgIpc) is 3.60. The number of rotatable bonds is 3. The quantitative estimate of drug-likeness (QED) is 0.230. The van der Waals surface area contributed by atoms with E-state index in [1.807, 2.05) is 47.4 Å². The Morgan fingerprint density at radius 2 is 1.59 bits per heavy atom. The number of imide groups is 1. The summed E-state index contributed by atoms with van der Waals surface area (Å²) in [4.78, 5) is 56.5. The molecule has 4 atom stereocenters. The molecule has 39 heavy (non-hydrogen) atoms. The number of nitrogens with zero attached hydrogens (tertiary/aromatic N) is 5. The number of anilines is 2. The number of benzene rings is 3. The van der Waals surface area contributed by atoms with Crippen molar-refractivity contribution in [3.8, 4) is 5.75 Å². The molecule has 2 amide bonds. The number of para-hydroxylation sites is 2. The lowest BCUT2D eigenvalue weighted by molar-refractivity contribution is -0.132. The van der Waals surface area contributed by atoms with Gasteiger partial charge < -0.3 is 9.64 Å². The Balaban J connectivity index is 1.34. The van der Waals surface area contributed by atoms with Crippen LogP contribution in [0.3, 0.4) is 0 Å². The molecule has 3 aliphatic rings. The molecular formula is C29H21N5O5. The van der Waals surface area contributed by atoms with Crippen LogP contribution in [0, 0.1) is 11.8 Å². The first-order chi connectivity index (χ1) is 18.9. The van der Waals surface area contributed by atoms with Gasteiger partial charge in [-0.3, -0.25) is 19.2 Å². The lowest BCUT2D eigenvalue weighted by Gasteiger charge is -2.36. The molecule has 0 radical (unpaired) electrons. The summed E-state index contributed by atoms with van der Waals surface area (Å²) in [6.07, 6.45) is 3.82. The zero-order valence-electron chi connectivity index (χ0n) is 20.7. The van der Waals surface area contributed by atoms with Gasteiger partial charge in [-0.2, -0.15) is 4.68 Å². The van der Waals surface area contributed by atoms with E-state index in [-0.39, 0.29) is 5.91 Å².